The molecule has 146 valence electrons. The summed E-state index contributed by atoms with van der Waals surface area (Å²) in [7, 11) is 0. The molecule has 0 spiro atoms. The summed E-state index contributed by atoms with van der Waals surface area (Å²) >= 11 is 0. The standard InChI is InChI=1S/C18H22F5NO2/c1-16(2,3)26-15(25)24-8-6-17(20,7-9-24)11-12-4-5-13(10-14(12)19)18(21,22)23/h4-5,10H,6-9,11H2,1-3H3. The Morgan fingerprint density at radius 1 is 1.19 bits per heavy atom. The zero-order chi connectivity index (χ0) is 19.8. The van der Waals surface area contributed by atoms with E-state index in [2.05, 4.69) is 0 Å². The first-order valence-corrected chi connectivity index (χ1v) is 8.32. The van der Waals surface area contributed by atoms with Gasteiger partial charge >= 0.3 is 12.3 Å². The highest BCUT2D eigenvalue weighted by atomic mass is 19.4. The molecule has 3 nitrogen and oxygen atoms in total. The Kier molecular flexibility index (Phi) is 5.54. The summed E-state index contributed by atoms with van der Waals surface area (Å²) in [6, 6.07) is 2.10. The van der Waals surface area contributed by atoms with E-state index in [1.54, 1.807) is 20.8 Å². The second-order valence-electron chi connectivity index (χ2n) is 7.60. The van der Waals surface area contributed by atoms with Gasteiger partial charge in [0.15, 0.2) is 0 Å². The summed E-state index contributed by atoms with van der Waals surface area (Å²) in [4.78, 5) is 13.4. The fourth-order valence-electron chi connectivity index (χ4n) is 2.80. The fourth-order valence-corrected chi connectivity index (χ4v) is 2.80. The van der Waals surface area contributed by atoms with Gasteiger partial charge in [-0.05, 0) is 51.3 Å². The maximum Gasteiger partial charge on any atom is 0.416 e. The molecule has 0 bridgehead atoms. The average molecular weight is 379 g/mol. The minimum absolute atomic E-state index is 0.0350. The Bertz CT molecular complexity index is 659. The lowest BCUT2D eigenvalue weighted by molar-refractivity contribution is -0.137. The summed E-state index contributed by atoms with van der Waals surface area (Å²) in [6.07, 6.45) is -5.59. The molecule has 2 rings (SSSR count). The third-order valence-corrected chi connectivity index (χ3v) is 4.20. The van der Waals surface area contributed by atoms with Gasteiger partial charge in [-0.25, -0.2) is 13.6 Å². The van der Waals surface area contributed by atoms with E-state index in [1.807, 2.05) is 0 Å². The van der Waals surface area contributed by atoms with E-state index in [1.165, 1.54) is 4.90 Å². The number of likely N-dealkylation sites (tertiary alicyclic amines) is 1. The zero-order valence-electron chi connectivity index (χ0n) is 14.9. The lowest BCUT2D eigenvalue weighted by atomic mass is 9.86. The van der Waals surface area contributed by atoms with Gasteiger partial charge in [0.05, 0.1) is 5.56 Å². The van der Waals surface area contributed by atoms with E-state index < -0.39 is 34.9 Å². The molecule has 8 heteroatoms. The number of alkyl halides is 4. The van der Waals surface area contributed by atoms with Gasteiger partial charge in [0.2, 0.25) is 0 Å². The third kappa shape index (κ3) is 5.32. The third-order valence-electron chi connectivity index (χ3n) is 4.20. The van der Waals surface area contributed by atoms with Crippen molar-refractivity contribution in [1.29, 1.82) is 0 Å². The van der Waals surface area contributed by atoms with Gasteiger partial charge in [0.1, 0.15) is 17.1 Å². The lowest BCUT2D eigenvalue weighted by Crippen LogP contribution is -2.47. The van der Waals surface area contributed by atoms with Crippen molar-refractivity contribution in [1.82, 2.24) is 4.90 Å². The smallest absolute Gasteiger partial charge is 0.416 e. The number of carbonyl (C=O) groups excluding carboxylic acids is 1. The molecule has 1 amide bonds. The van der Waals surface area contributed by atoms with Crippen molar-refractivity contribution in [2.45, 2.75) is 57.5 Å². The Hall–Kier alpha value is -1.86. The van der Waals surface area contributed by atoms with Gasteiger partial charge < -0.3 is 9.64 Å². The summed E-state index contributed by atoms with van der Waals surface area (Å²) in [5.41, 5.74) is -3.65. The Morgan fingerprint density at radius 3 is 2.23 bits per heavy atom. The number of piperidine rings is 1. The molecular formula is C18H22F5NO2. The highest BCUT2D eigenvalue weighted by Crippen LogP contribution is 2.34. The topological polar surface area (TPSA) is 29.5 Å². The number of carbonyl (C=O) groups is 1. The molecule has 0 aromatic heterocycles. The molecule has 1 saturated heterocycles. The maximum atomic E-state index is 15.0. The number of nitrogens with zero attached hydrogens (tertiary/aromatic N) is 1. The predicted octanol–water partition coefficient (Wildman–Crippen LogP) is 5.13. The zero-order valence-corrected chi connectivity index (χ0v) is 14.9. The summed E-state index contributed by atoms with van der Waals surface area (Å²) in [5, 5.41) is 0. The van der Waals surface area contributed by atoms with Crippen LogP contribution in [-0.4, -0.2) is 35.4 Å². The number of rotatable bonds is 2. The summed E-state index contributed by atoms with van der Waals surface area (Å²) in [6.45, 7) is 5.38. The number of benzene rings is 1. The number of halogens is 5. The molecule has 1 aliphatic heterocycles. The van der Waals surface area contributed by atoms with Crippen molar-refractivity contribution in [2.24, 2.45) is 0 Å². The van der Waals surface area contributed by atoms with Crippen LogP contribution in [0.3, 0.4) is 0 Å². The van der Waals surface area contributed by atoms with Crippen LogP contribution in [0, 0.1) is 5.82 Å². The van der Waals surface area contributed by atoms with Gasteiger partial charge in [-0.3, -0.25) is 0 Å². The van der Waals surface area contributed by atoms with E-state index in [4.69, 9.17) is 4.74 Å². The van der Waals surface area contributed by atoms with Crippen LogP contribution in [0.15, 0.2) is 18.2 Å². The van der Waals surface area contributed by atoms with Crippen molar-refractivity contribution in [2.75, 3.05) is 13.1 Å². The van der Waals surface area contributed by atoms with Gasteiger partial charge in [0.25, 0.3) is 0 Å². The van der Waals surface area contributed by atoms with E-state index >= 15 is 0 Å². The minimum Gasteiger partial charge on any atom is -0.444 e. The molecule has 1 fully saturated rings. The van der Waals surface area contributed by atoms with Gasteiger partial charge in [-0.15, -0.1) is 0 Å². The van der Waals surface area contributed by atoms with E-state index in [9.17, 15) is 26.7 Å². The second-order valence-corrected chi connectivity index (χ2v) is 7.60. The van der Waals surface area contributed by atoms with Crippen molar-refractivity contribution < 1.29 is 31.5 Å². The summed E-state index contributed by atoms with van der Waals surface area (Å²) in [5.74, 6) is -1.08. The highest BCUT2D eigenvalue weighted by Gasteiger charge is 2.38. The summed E-state index contributed by atoms with van der Waals surface area (Å²) < 4.78 is 71.9. The number of ether oxygens (including phenoxy) is 1. The van der Waals surface area contributed by atoms with E-state index in [-0.39, 0.29) is 37.9 Å². The van der Waals surface area contributed by atoms with Crippen LogP contribution in [-0.2, 0) is 17.3 Å². The molecule has 0 atom stereocenters. The number of amides is 1. The van der Waals surface area contributed by atoms with Gasteiger partial charge in [0, 0.05) is 19.5 Å². The predicted molar refractivity (Wildman–Crippen MR) is 86.0 cm³/mol. The number of hydrogen-bond acceptors (Lipinski definition) is 2. The molecule has 1 aromatic carbocycles. The molecule has 0 saturated carbocycles. The fraction of sp³-hybridized carbons (Fsp3) is 0.611. The SMILES string of the molecule is CC(C)(C)OC(=O)N1CCC(F)(Cc2ccc(C(F)(F)F)cc2F)CC1. The first kappa shape index (κ1) is 20.5. The Morgan fingerprint density at radius 2 is 1.77 bits per heavy atom. The molecule has 0 radical (unpaired) electrons. The van der Waals surface area contributed by atoms with Gasteiger partial charge in [-0.2, -0.15) is 13.2 Å². The van der Waals surface area contributed by atoms with Crippen LogP contribution >= 0.6 is 0 Å². The molecule has 0 unspecified atom stereocenters. The first-order chi connectivity index (χ1) is 11.8. The molecular weight excluding hydrogens is 357 g/mol. The molecule has 1 aromatic rings. The first-order valence-electron chi connectivity index (χ1n) is 8.32. The lowest BCUT2D eigenvalue weighted by Gasteiger charge is -2.37. The monoisotopic (exact) mass is 379 g/mol. The number of hydrogen-bond donors (Lipinski definition) is 0. The van der Waals surface area contributed by atoms with Crippen LogP contribution in [0.1, 0.15) is 44.7 Å². The van der Waals surface area contributed by atoms with Crippen molar-refractivity contribution in [3.8, 4) is 0 Å². The molecule has 0 N–H and O–H groups in total. The molecule has 0 aliphatic carbocycles. The van der Waals surface area contributed by atoms with E-state index in [0.717, 1.165) is 12.1 Å². The van der Waals surface area contributed by atoms with Crippen LogP contribution in [0.25, 0.3) is 0 Å². The maximum absolute atomic E-state index is 15.0. The quantitative estimate of drug-likeness (QED) is 0.667. The van der Waals surface area contributed by atoms with Crippen LogP contribution in [0.4, 0.5) is 26.7 Å². The Labute approximate surface area is 149 Å². The van der Waals surface area contributed by atoms with Gasteiger partial charge in [-0.1, -0.05) is 6.07 Å². The minimum atomic E-state index is -4.65. The molecule has 26 heavy (non-hydrogen) atoms. The van der Waals surface area contributed by atoms with Crippen molar-refractivity contribution in [3.63, 3.8) is 0 Å². The van der Waals surface area contributed by atoms with Crippen molar-refractivity contribution in [3.05, 3.63) is 35.1 Å². The Balaban J connectivity index is 2.00. The largest absolute Gasteiger partial charge is 0.444 e. The second kappa shape index (κ2) is 7.04. The normalized spacial score (nSPS) is 17.9. The van der Waals surface area contributed by atoms with Crippen LogP contribution < -0.4 is 0 Å². The highest BCUT2D eigenvalue weighted by molar-refractivity contribution is 5.68. The van der Waals surface area contributed by atoms with Crippen molar-refractivity contribution >= 4 is 6.09 Å². The molecule has 1 aliphatic rings. The molecule has 1 heterocycles. The van der Waals surface area contributed by atoms with Crippen LogP contribution in [0.5, 0.6) is 0 Å². The average Bonchev–Trinajstić information content (AvgIpc) is 2.47. The van der Waals surface area contributed by atoms with Crippen LogP contribution in [0.2, 0.25) is 0 Å². The van der Waals surface area contributed by atoms with E-state index in [0.29, 0.717) is 6.07 Å².